The van der Waals surface area contributed by atoms with Gasteiger partial charge >= 0.3 is 0 Å². The summed E-state index contributed by atoms with van der Waals surface area (Å²) < 4.78 is 6.37. The van der Waals surface area contributed by atoms with Gasteiger partial charge in [0.05, 0.1) is 16.8 Å². The number of hydrogen-bond acceptors (Lipinski definition) is 4. The van der Waals surface area contributed by atoms with E-state index in [0.29, 0.717) is 15.8 Å². The molecule has 2 aliphatic rings. The fraction of sp³-hybridized carbons (Fsp3) is 0.120. The summed E-state index contributed by atoms with van der Waals surface area (Å²) in [4.78, 5) is 4.14. The van der Waals surface area contributed by atoms with Gasteiger partial charge in [0.2, 0.25) is 6.23 Å². The van der Waals surface area contributed by atoms with Crippen molar-refractivity contribution in [2.24, 2.45) is 5.10 Å². The molecule has 0 bridgehead atoms. The van der Waals surface area contributed by atoms with Gasteiger partial charge in [0.25, 0.3) is 0 Å². The number of ether oxygens (including phenoxy) is 1. The molecule has 1 aromatic heterocycles. The van der Waals surface area contributed by atoms with E-state index >= 15 is 0 Å². The molecule has 152 valence electrons. The van der Waals surface area contributed by atoms with Crippen molar-refractivity contribution in [3.63, 3.8) is 0 Å². The molecule has 0 unspecified atom stereocenters. The number of nitrogens with zero attached hydrogens (tertiary/aromatic N) is 3. The Morgan fingerprint density at radius 3 is 2.55 bits per heavy atom. The average molecular weight is 446 g/mol. The first kappa shape index (κ1) is 18.7. The van der Waals surface area contributed by atoms with Crippen LogP contribution in [0.15, 0.2) is 84.2 Å². The second-order valence-electron chi connectivity index (χ2n) is 7.77. The highest BCUT2D eigenvalue weighted by molar-refractivity contribution is 6.35. The molecule has 4 nitrogen and oxygen atoms in total. The van der Waals surface area contributed by atoms with Crippen molar-refractivity contribution in [3.8, 4) is 5.75 Å². The number of hydrogen-bond donors (Lipinski definition) is 0. The molecule has 2 aliphatic heterocycles. The molecule has 4 aromatic rings. The maximum Gasteiger partial charge on any atom is 0.214 e. The molecule has 0 radical (unpaired) electrons. The lowest BCUT2D eigenvalue weighted by Crippen LogP contribution is -2.33. The van der Waals surface area contributed by atoms with E-state index in [1.165, 1.54) is 10.8 Å². The van der Waals surface area contributed by atoms with E-state index in [1.807, 2.05) is 23.2 Å². The third-order valence-electron chi connectivity index (χ3n) is 5.88. The van der Waals surface area contributed by atoms with Gasteiger partial charge in [-0.25, -0.2) is 5.01 Å². The lowest BCUT2D eigenvalue weighted by molar-refractivity contribution is -0.0189. The van der Waals surface area contributed by atoms with Crippen LogP contribution < -0.4 is 4.74 Å². The van der Waals surface area contributed by atoms with E-state index < -0.39 is 6.23 Å². The number of rotatable bonds is 2. The molecule has 0 N–H and O–H groups in total. The van der Waals surface area contributed by atoms with Crippen LogP contribution in [0.5, 0.6) is 5.75 Å². The van der Waals surface area contributed by atoms with Crippen molar-refractivity contribution in [1.29, 1.82) is 0 Å². The first-order valence-electron chi connectivity index (χ1n) is 10.1. The highest BCUT2D eigenvalue weighted by Crippen LogP contribution is 2.50. The molecule has 3 aromatic carbocycles. The zero-order valence-corrected chi connectivity index (χ0v) is 17.9. The number of fused-ring (bicyclic) bond motifs is 4. The third-order valence-corrected chi connectivity index (χ3v) is 6.38. The maximum atomic E-state index is 6.53. The molecule has 0 spiro atoms. The zero-order valence-electron chi connectivity index (χ0n) is 16.4. The van der Waals surface area contributed by atoms with Gasteiger partial charge in [-0.15, -0.1) is 0 Å². The fourth-order valence-electron chi connectivity index (χ4n) is 4.41. The summed E-state index contributed by atoms with van der Waals surface area (Å²) in [6.45, 7) is 0. The minimum Gasteiger partial charge on any atom is -0.463 e. The van der Waals surface area contributed by atoms with Crippen molar-refractivity contribution in [2.75, 3.05) is 0 Å². The quantitative estimate of drug-likeness (QED) is 0.341. The monoisotopic (exact) mass is 445 g/mol. The van der Waals surface area contributed by atoms with Crippen LogP contribution in [0.4, 0.5) is 0 Å². The lowest BCUT2D eigenvalue weighted by atomic mass is 9.95. The molecule has 6 heteroatoms. The molecule has 0 amide bonds. The molecule has 3 heterocycles. The standard InChI is InChI=1S/C25H17Cl2N3O/c26-19-12-20-23-14-22(18-6-5-15-3-1-2-4-17(15)11-18)29-30(23)25(16-7-9-28-10-8-16)31-24(20)21(27)13-19/h1-13,23,25H,14H2/t23-,25-/m1/s1. The topological polar surface area (TPSA) is 37.7 Å². The summed E-state index contributed by atoms with van der Waals surface area (Å²) >= 11 is 12.9. The van der Waals surface area contributed by atoms with Gasteiger partial charge < -0.3 is 4.74 Å². The Bertz CT molecular complexity index is 1340. The van der Waals surface area contributed by atoms with Gasteiger partial charge in [-0.05, 0) is 46.7 Å². The van der Waals surface area contributed by atoms with E-state index in [0.717, 1.165) is 28.8 Å². The third kappa shape index (κ3) is 3.14. The van der Waals surface area contributed by atoms with Gasteiger partial charge in [-0.3, -0.25) is 4.98 Å². The molecule has 0 saturated carbocycles. The number of pyridine rings is 1. The van der Waals surface area contributed by atoms with Crippen LogP contribution in [0.25, 0.3) is 10.8 Å². The average Bonchev–Trinajstić information content (AvgIpc) is 3.25. The Morgan fingerprint density at radius 2 is 1.71 bits per heavy atom. The Balaban J connectivity index is 1.48. The van der Waals surface area contributed by atoms with Gasteiger partial charge in [-0.1, -0.05) is 59.6 Å². The van der Waals surface area contributed by atoms with Crippen molar-refractivity contribution in [3.05, 3.63) is 106 Å². The van der Waals surface area contributed by atoms with Gasteiger partial charge in [0.1, 0.15) is 5.75 Å². The van der Waals surface area contributed by atoms with Crippen LogP contribution in [0.2, 0.25) is 10.0 Å². The van der Waals surface area contributed by atoms with E-state index in [9.17, 15) is 0 Å². The van der Waals surface area contributed by atoms with Gasteiger partial charge in [0, 0.05) is 35.0 Å². The summed E-state index contributed by atoms with van der Waals surface area (Å²) in [6, 6.07) is 22.3. The summed E-state index contributed by atoms with van der Waals surface area (Å²) in [5.41, 5.74) is 4.06. The van der Waals surface area contributed by atoms with Crippen molar-refractivity contribution in [1.82, 2.24) is 9.99 Å². The van der Waals surface area contributed by atoms with Crippen LogP contribution in [-0.4, -0.2) is 15.7 Å². The molecule has 6 rings (SSSR count). The first-order chi connectivity index (χ1) is 15.2. The van der Waals surface area contributed by atoms with Crippen LogP contribution in [0, 0.1) is 0 Å². The molecular weight excluding hydrogens is 429 g/mol. The Hall–Kier alpha value is -3.08. The van der Waals surface area contributed by atoms with E-state index in [-0.39, 0.29) is 6.04 Å². The number of halogens is 2. The fourth-order valence-corrected chi connectivity index (χ4v) is 4.96. The molecule has 2 atom stereocenters. The molecule has 0 aliphatic carbocycles. The van der Waals surface area contributed by atoms with E-state index in [2.05, 4.69) is 47.4 Å². The summed E-state index contributed by atoms with van der Waals surface area (Å²) in [6.07, 6.45) is 3.87. The van der Waals surface area contributed by atoms with Crippen LogP contribution in [0.1, 0.15) is 35.4 Å². The molecule has 0 fully saturated rings. The minimum absolute atomic E-state index is 0.0143. The number of benzene rings is 3. The van der Waals surface area contributed by atoms with Crippen LogP contribution >= 0.6 is 23.2 Å². The van der Waals surface area contributed by atoms with E-state index in [4.69, 9.17) is 33.0 Å². The maximum absolute atomic E-state index is 6.53. The Kier molecular flexibility index (Phi) is 4.37. The summed E-state index contributed by atoms with van der Waals surface area (Å²) in [5.74, 6) is 0.670. The predicted molar refractivity (Wildman–Crippen MR) is 124 cm³/mol. The summed E-state index contributed by atoms with van der Waals surface area (Å²) in [7, 11) is 0. The molecule has 0 saturated heterocycles. The van der Waals surface area contributed by atoms with Gasteiger partial charge in [0.15, 0.2) is 0 Å². The van der Waals surface area contributed by atoms with Crippen LogP contribution in [-0.2, 0) is 0 Å². The molecule has 31 heavy (non-hydrogen) atoms. The second kappa shape index (κ2) is 7.26. The SMILES string of the molecule is Clc1cc(Cl)c2c(c1)[C@H]1CC(c3ccc4ccccc4c3)=NN1[C@@H](c1ccncc1)O2. The highest BCUT2D eigenvalue weighted by atomic mass is 35.5. The normalized spacial score (nSPS) is 19.5. The predicted octanol–water partition coefficient (Wildman–Crippen LogP) is 6.78. The number of aromatic nitrogens is 1. The molecular formula is C25H17Cl2N3O. The lowest BCUT2D eigenvalue weighted by Gasteiger charge is -2.38. The Morgan fingerprint density at radius 1 is 0.903 bits per heavy atom. The van der Waals surface area contributed by atoms with Crippen molar-refractivity contribution in [2.45, 2.75) is 18.7 Å². The van der Waals surface area contributed by atoms with Crippen LogP contribution in [0.3, 0.4) is 0 Å². The summed E-state index contributed by atoms with van der Waals surface area (Å²) in [5, 5.41) is 10.6. The largest absolute Gasteiger partial charge is 0.463 e. The van der Waals surface area contributed by atoms with Gasteiger partial charge in [-0.2, -0.15) is 5.10 Å². The Labute approximate surface area is 189 Å². The van der Waals surface area contributed by atoms with Crippen molar-refractivity contribution >= 4 is 39.7 Å². The highest BCUT2D eigenvalue weighted by Gasteiger charge is 2.42. The smallest absolute Gasteiger partial charge is 0.214 e. The minimum atomic E-state index is -0.392. The second-order valence-corrected chi connectivity index (χ2v) is 8.61. The van der Waals surface area contributed by atoms with Crippen molar-refractivity contribution < 1.29 is 4.74 Å². The van der Waals surface area contributed by atoms with E-state index in [1.54, 1.807) is 18.5 Å². The zero-order chi connectivity index (χ0) is 20.9. The first-order valence-corrected chi connectivity index (χ1v) is 10.8. The number of hydrazone groups is 1.